The molecular weight excluding hydrogens is 200 g/mol. The van der Waals surface area contributed by atoms with E-state index in [1.54, 1.807) is 0 Å². The number of hydrogen-bond donors (Lipinski definition) is 1. The molecule has 1 unspecified atom stereocenters. The third-order valence-corrected chi connectivity index (χ3v) is 4.35. The van der Waals surface area contributed by atoms with E-state index in [0.29, 0.717) is 6.04 Å². The molecule has 1 aliphatic heterocycles. The molecule has 0 aromatic rings. The normalized spacial score (nSPS) is 29.1. The fourth-order valence-electron chi connectivity index (χ4n) is 3.28. The lowest BCUT2D eigenvalue weighted by molar-refractivity contribution is 0.0763. The van der Waals surface area contributed by atoms with Gasteiger partial charge in [-0.05, 0) is 39.3 Å². The Morgan fingerprint density at radius 2 is 1.94 bits per heavy atom. The number of aliphatic hydroxyl groups excluding tert-OH is 1. The summed E-state index contributed by atoms with van der Waals surface area (Å²) in [7, 11) is 2.15. The van der Waals surface area contributed by atoms with Crippen LogP contribution in [0.15, 0.2) is 0 Å². The molecular formula is C13H26N2O. The summed E-state index contributed by atoms with van der Waals surface area (Å²) in [6, 6.07) is 1.53. The lowest BCUT2D eigenvalue weighted by atomic mass is 10.0. The molecule has 1 saturated heterocycles. The van der Waals surface area contributed by atoms with Crippen molar-refractivity contribution >= 4 is 0 Å². The number of likely N-dealkylation sites (N-methyl/N-ethyl adjacent to an activating group) is 1. The molecule has 0 aromatic heterocycles. The van der Waals surface area contributed by atoms with Crippen LogP contribution in [0.2, 0.25) is 0 Å². The second-order valence-corrected chi connectivity index (χ2v) is 5.43. The van der Waals surface area contributed by atoms with Crippen LogP contribution in [0, 0.1) is 0 Å². The summed E-state index contributed by atoms with van der Waals surface area (Å²) < 4.78 is 0. The molecule has 0 bridgehead atoms. The Hall–Kier alpha value is -0.120. The van der Waals surface area contributed by atoms with E-state index in [0.717, 1.165) is 12.6 Å². The van der Waals surface area contributed by atoms with Crippen molar-refractivity contribution in [1.29, 1.82) is 0 Å². The number of rotatable bonds is 4. The monoisotopic (exact) mass is 226 g/mol. The second kappa shape index (κ2) is 5.99. The van der Waals surface area contributed by atoms with E-state index < -0.39 is 0 Å². The Morgan fingerprint density at radius 3 is 2.62 bits per heavy atom. The lowest BCUT2D eigenvalue weighted by Gasteiger charge is -2.40. The van der Waals surface area contributed by atoms with Gasteiger partial charge in [0.2, 0.25) is 0 Å². The Kier molecular flexibility index (Phi) is 4.62. The minimum absolute atomic E-state index is 0.288. The van der Waals surface area contributed by atoms with Gasteiger partial charge in [0.1, 0.15) is 0 Å². The van der Waals surface area contributed by atoms with E-state index in [-0.39, 0.29) is 6.61 Å². The van der Waals surface area contributed by atoms with E-state index in [2.05, 4.69) is 16.8 Å². The summed E-state index contributed by atoms with van der Waals surface area (Å²) in [4.78, 5) is 5.04. The first-order valence-electron chi connectivity index (χ1n) is 6.86. The lowest BCUT2D eigenvalue weighted by Crippen LogP contribution is -2.50. The molecule has 1 atom stereocenters. The van der Waals surface area contributed by atoms with Gasteiger partial charge in [0.05, 0.1) is 6.61 Å². The van der Waals surface area contributed by atoms with Gasteiger partial charge in [-0.1, -0.05) is 12.8 Å². The van der Waals surface area contributed by atoms with Crippen molar-refractivity contribution in [3.8, 4) is 0 Å². The molecule has 2 rings (SSSR count). The molecule has 3 nitrogen and oxygen atoms in total. The van der Waals surface area contributed by atoms with Gasteiger partial charge in [-0.3, -0.25) is 9.80 Å². The van der Waals surface area contributed by atoms with Gasteiger partial charge >= 0.3 is 0 Å². The highest BCUT2D eigenvalue weighted by Crippen LogP contribution is 2.27. The largest absolute Gasteiger partial charge is 0.395 e. The molecule has 1 heterocycles. The van der Waals surface area contributed by atoms with Gasteiger partial charge in [-0.2, -0.15) is 0 Å². The SMILES string of the molecule is CN(CCO)C1CCCN(C2CCCC2)C1. The Labute approximate surface area is 99.4 Å². The third kappa shape index (κ3) is 2.96. The fourth-order valence-corrected chi connectivity index (χ4v) is 3.28. The summed E-state index contributed by atoms with van der Waals surface area (Å²) >= 11 is 0. The van der Waals surface area contributed by atoms with Gasteiger partial charge in [-0.25, -0.2) is 0 Å². The van der Waals surface area contributed by atoms with Crippen LogP contribution in [0.5, 0.6) is 0 Å². The molecule has 0 radical (unpaired) electrons. The molecule has 2 fully saturated rings. The van der Waals surface area contributed by atoms with Gasteiger partial charge in [0.15, 0.2) is 0 Å². The van der Waals surface area contributed by atoms with Crippen molar-refractivity contribution in [1.82, 2.24) is 9.80 Å². The first-order valence-corrected chi connectivity index (χ1v) is 6.86. The Balaban J connectivity index is 1.83. The fraction of sp³-hybridized carbons (Fsp3) is 1.00. The van der Waals surface area contributed by atoms with Crippen LogP contribution in [0.1, 0.15) is 38.5 Å². The molecule has 0 spiro atoms. The first kappa shape index (κ1) is 12.3. The van der Waals surface area contributed by atoms with Crippen LogP contribution < -0.4 is 0 Å². The van der Waals surface area contributed by atoms with Crippen LogP contribution in [0.3, 0.4) is 0 Å². The van der Waals surface area contributed by atoms with Crippen LogP contribution in [-0.2, 0) is 0 Å². The maximum absolute atomic E-state index is 8.99. The number of aliphatic hydroxyl groups is 1. The quantitative estimate of drug-likeness (QED) is 0.783. The predicted octanol–water partition coefficient (Wildman–Crippen LogP) is 1.32. The topological polar surface area (TPSA) is 26.7 Å². The molecule has 16 heavy (non-hydrogen) atoms. The Morgan fingerprint density at radius 1 is 1.19 bits per heavy atom. The van der Waals surface area contributed by atoms with E-state index in [1.807, 2.05) is 0 Å². The molecule has 3 heteroatoms. The average molecular weight is 226 g/mol. The number of nitrogens with zero attached hydrogens (tertiary/aromatic N) is 2. The molecule has 1 saturated carbocycles. The average Bonchev–Trinajstić information content (AvgIpc) is 2.83. The zero-order valence-electron chi connectivity index (χ0n) is 10.6. The van der Waals surface area contributed by atoms with E-state index in [1.165, 1.54) is 51.6 Å². The smallest absolute Gasteiger partial charge is 0.0558 e. The third-order valence-electron chi connectivity index (χ3n) is 4.35. The Bertz CT molecular complexity index is 204. The number of likely N-dealkylation sites (tertiary alicyclic amines) is 1. The minimum Gasteiger partial charge on any atom is -0.395 e. The van der Waals surface area contributed by atoms with Crippen molar-refractivity contribution in [2.24, 2.45) is 0 Å². The first-order chi connectivity index (χ1) is 7.81. The molecule has 1 N–H and O–H groups in total. The maximum Gasteiger partial charge on any atom is 0.0558 e. The second-order valence-electron chi connectivity index (χ2n) is 5.43. The highest BCUT2D eigenvalue weighted by molar-refractivity contribution is 4.85. The van der Waals surface area contributed by atoms with Crippen LogP contribution in [-0.4, -0.2) is 60.3 Å². The summed E-state index contributed by atoms with van der Waals surface area (Å²) in [5.74, 6) is 0. The van der Waals surface area contributed by atoms with Crippen LogP contribution in [0.4, 0.5) is 0 Å². The number of piperidine rings is 1. The van der Waals surface area contributed by atoms with E-state index >= 15 is 0 Å². The zero-order valence-corrected chi connectivity index (χ0v) is 10.6. The summed E-state index contributed by atoms with van der Waals surface area (Å²) in [6.45, 7) is 3.63. The van der Waals surface area contributed by atoms with Crippen molar-refractivity contribution in [3.05, 3.63) is 0 Å². The predicted molar refractivity (Wildman–Crippen MR) is 66.6 cm³/mol. The molecule has 94 valence electrons. The van der Waals surface area contributed by atoms with Crippen molar-refractivity contribution in [3.63, 3.8) is 0 Å². The maximum atomic E-state index is 8.99. The zero-order chi connectivity index (χ0) is 11.4. The molecule has 0 aromatic carbocycles. The van der Waals surface area contributed by atoms with Crippen LogP contribution in [0.25, 0.3) is 0 Å². The summed E-state index contributed by atoms with van der Waals surface area (Å²) in [6.07, 6.45) is 8.32. The molecule has 0 amide bonds. The van der Waals surface area contributed by atoms with E-state index in [4.69, 9.17) is 5.11 Å². The highest BCUT2D eigenvalue weighted by atomic mass is 16.3. The van der Waals surface area contributed by atoms with Crippen molar-refractivity contribution in [2.75, 3.05) is 33.3 Å². The van der Waals surface area contributed by atoms with Gasteiger partial charge in [-0.15, -0.1) is 0 Å². The van der Waals surface area contributed by atoms with Crippen LogP contribution >= 0.6 is 0 Å². The van der Waals surface area contributed by atoms with Gasteiger partial charge in [0, 0.05) is 25.2 Å². The standard InChI is InChI=1S/C13H26N2O/c1-14(9-10-16)13-7-4-8-15(11-13)12-5-2-3-6-12/h12-13,16H,2-11H2,1H3. The number of hydrogen-bond acceptors (Lipinski definition) is 3. The molecule has 2 aliphatic rings. The van der Waals surface area contributed by atoms with Gasteiger partial charge in [0.25, 0.3) is 0 Å². The van der Waals surface area contributed by atoms with Gasteiger partial charge < -0.3 is 5.11 Å². The van der Waals surface area contributed by atoms with E-state index in [9.17, 15) is 0 Å². The van der Waals surface area contributed by atoms with Crippen molar-refractivity contribution < 1.29 is 5.11 Å². The minimum atomic E-state index is 0.288. The summed E-state index contributed by atoms with van der Waals surface area (Å²) in [5, 5.41) is 8.99. The summed E-state index contributed by atoms with van der Waals surface area (Å²) in [5.41, 5.74) is 0. The highest BCUT2D eigenvalue weighted by Gasteiger charge is 2.29. The van der Waals surface area contributed by atoms with Crippen molar-refractivity contribution in [2.45, 2.75) is 50.6 Å². The molecule has 1 aliphatic carbocycles.